The number of carbonyl (C=O) groups is 2. The summed E-state index contributed by atoms with van der Waals surface area (Å²) in [6, 6.07) is 6.56. The Labute approximate surface area is 97.8 Å². The second-order valence-corrected chi connectivity index (χ2v) is 3.60. The van der Waals surface area contributed by atoms with E-state index >= 15 is 0 Å². The minimum Gasteiger partial charge on any atom is -0.434 e. The molecule has 88 valence electrons. The molecule has 1 aromatic heterocycles. The van der Waals surface area contributed by atoms with Crippen LogP contribution in [-0.2, 0) is 4.79 Å². The molecule has 0 bridgehead atoms. The number of para-hydroxylation sites is 2. The number of nitrogens with one attached hydrogen (secondary N) is 1. The number of aromatic nitrogens is 1. The number of hydrogen-bond donors (Lipinski definition) is 1. The second-order valence-electron chi connectivity index (χ2n) is 3.60. The van der Waals surface area contributed by atoms with Crippen LogP contribution in [0.4, 0.5) is 0 Å². The van der Waals surface area contributed by atoms with Crippen LogP contribution in [0.15, 0.2) is 28.7 Å². The normalized spacial score (nSPS) is 12.3. The fourth-order valence-electron chi connectivity index (χ4n) is 1.59. The zero-order chi connectivity index (χ0) is 12.3. The van der Waals surface area contributed by atoms with Gasteiger partial charge in [-0.15, -0.1) is 0 Å². The topological polar surface area (TPSA) is 72.2 Å². The van der Waals surface area contributed by atoms with E-state index in [4.69, 9.17) is 4.42 Å². The molecule has 2 rings (SSSR count). The van der Waals surface area contributed by atoms with Crippen molar-refractivity contribution in [3.8, 4) is 0 Å². The van der Waals surface area contributed by atoms with E-state index in [1.54, 1.807) is 12.1 Å². The molecule has 0 spiro atoms. The quantitative estimate of drug-likeness (QED) is 0.626. The molecular formula is C12H12N2O3. The largest absolute Gasteiger partial charge is 0.434 e. The molecule has 0 saturated heterocycles. The Morgan fingerprint density at radius 1 is 1.53 bits per heavy atom. The Balaban J connectivity index is 2.32. The van der Waals surface area contributed by atoms with Crippen LogP contribution in [0.25, 0.3) is 11.1 Å². The molecule has 0 fully saturated rings. The van der Waals surface area contributed by atoms with Gasteiger partial charge in [0, 0.05) is 0 Å². The summed E-state index contributed by atoms with van der Waals surface area (Å²) < 4.78 is 5.34. The van der Waals surface area contributed by atoms with Gasteiger partial charge >= 0.3 is 0 Å². The molecular weight excluding hydrogens is 220 g/mol. The van der Waals surface area contributed by atoms with Gasteiger partial charge in [0.15, 0.2) is 5.58 Å². The summed E-state index contributed by atoms with van der Waals surface area (Å²) in [6.45, 7) is 1.81. The van der Waals surface area contributed by atoms with Crippen LogP contribution in [0.3, 0.4) is 0 Å². The predicted molar refractivity (Wildman–Crippen MR) is 61.6 cm³/mol. The molecule has 1 atom stereocenters. The van der Waals surface area contributed by atoms with Gasteiger partial charge in [0.05, 0.1) is 6.04 Å². The maximum atomic E-state index is 12.0. The minimum absolute atomic E-state index is 0.0346. The third-order valence-electron chi connectivity index (χ3n) is 2.50. The number of carbonyl (C=O) groups excluding carboxylic acids is 2. The zero-order valence-electron chi connectivity index (χ0n) is 9.34. The van der Waals surface area contributed by atoms with Gasteiger partial charge in [0.25, 0.3) is 5.89 Å². The van der Waals surface area contributed by atoms with E-state index in [2.05, 4.69) is 10.3 Å². The average molecular weight is 232 g/mol. The molecule has 0 aliphatic rings. The first kappa shape index (κ1) is 11.3. The van der Waals surface area contributed by atoms with Crippen LogP contribution in [0.5, 0.6) is 0 Å². The highest BCUT2D eigenvalue weighted by Crippen LogP contribution is 2.16. The van der Waals surface area contributed by atoms with Crippen molar-refractivity contribution >= 4 is 23.3 Å². The van der Waals surface area contributed by atoms with E-state index in [1.807, 2.05) is 19.1 Å². The minimum atomic E-state index is -0.583. The fourth-order valence-corrected chi connectivity index (χ4v) is 1.59. The highest BCUT2D eigenvalue weighted by atomic mass is 16.4. The first-order chi connectivity index (χ1) is 8.26. The lowest BCUT2D eigenvalue weighted by Crippen LogP contribution is -2.35. The van der Waals surface area contributed by atoms with Crippen molar-refractivity contribution in [3.63, 3.8) is 0 Å². The van der Waals surface area contributed by atoms with Crippen LogP contribution in [0.2, 0.25) is 0 Å². The average Bonchev–Trinajstić information content (AvgIpc) is 2.78. The molecule has 5 nitrogen and oxygen atoms in total. The summed E-state index contributed by atoms with van der Waals surface area (Å²) in [5.74, 6) is -0.275. The van der Waals surface area contributed by atoms with Crippen molar-refractivity contribution in [3.05, 3.63) is 30.2 Å². The standard InChI is InChI=1S/C12H12N2O3/c1-2-8(13-7-15)11(16)12-14-9-5-3-4-6-10(9)17-12/h3-8H,2H2,1H3,(H,13,15). The van der Waals surface area contributed by atoms with Crippen LogP contribution in [-0.4, -0.2) is 23.2 Å². The third kappa shape index (κ3) is 2.18. The number of hydrogen-bond acceptors (Lipinski definition) is 4. The molecule has 1 amide bonds. The lowest BCUT2D eigenvalue weighted by atomic mass is 10.1. The van der Waals surface area contributed by atoms with Crippen molar-refractivity contribution in [2.45, 2.75) is 19.4 Å². The van der Waals surface area contributed by atoms with E-state index < -0.39 is 6.04 Å². The van der Waals surface area contributed by atoms with Gasteiger partial charge in [-0.25, -0.2) is 4.98 Å². The van der Waals surface area contributed by atoms with Crippen molar-refractivity contribution < 1.29 is 14.0 Å². The highest BCUT2D eigenvalue weighted by Gasteiger charge is 2.22. The summed E-state index contributed by atoms with van der Waals surface area (Å²) in [4.78, 5) is 26.4. The molecule has 1 aromatic carbocycles. The van der Waals surface area contributed by atoms with E-state index in [-0.39, 0.29) is 11.7 Å². The van der Waals surface area contributed by atoms with Crippen molar-refractivity contribution in [1.29, 1.82) is 0 Å². The number of amides is 1. The van der Waals surface area contributed by atoms with Gasteiger partial charge in [-0.3, -0.25) is 9.59 Å². The Morgan fingerprint density at radius 3 is 2.94 bits per heavy atom. The summed E-state index contributed by atoms with van der Waals surface area (Å²) in [5.41, 5.74) is 1.20. The van der Waals surface area contributed by atoms with Crippen LogP contribution < -0.4 is 5.32 Å². The van der Waals surface area contributed by atoms with E-state index in [0.29, 0.717) is 23.9 Å². The SMILES string of the molecule is CCC(NC=O)C(=O)c1nc2ccccc2o1. The van der Waals surface area contributed by atoms with Crippen LogP contribution >= 0.6 is 0 Å². The van der Waals surface area contributed by atoms with Gasteiger partial charge in [-0.1, -0.05) is 19.1 Å². The molecule has 0 aliphatic heterocycles. The smallest absolute Gasteiger partial charge is 0.266 e. The van der Waals surface area contributed by atoms with Crippen molar-refractivity contribution in [1.82, 2.24) is 10.3 Å². The molecule has 1 unspecified atom stereocenters. The summed E-state index contributed by atoms with van der Waals surface area (Å²) >= 11 is 0. The summed E-state index contributed by atoms with van der Waals surface area (Å²) in [6.07, 6.45) is 1.00. The Kier molecular flexibility index (Phi) is 3.18. The Morgan fingerprint density at radius 2 is 2.29 bits per heavy atom. The van der Waals surface area contributed by atoms with Crippen LogP contribution in [0, 0.1) is 0 Å². The van der Waals surface area contributed by atoms with Crippen molar-refractivity contribution in [2.75, 3.05) is 0 Å². The molecule has 0 radical (unpaired) electrons. The lowest BCUT2D eigenvalue weighted by Gasteiger charge is -2.08. The maximum absolute atomic E-state index is 12.0. The molecule has 0 saturated carbocycles. The Bertz CT molecular complexity index is 514. The third-order valence-corrected chi connectivity index (χ3v) is 2.50. The fraction of sp³-hybridized carbons (Fsp3) is 0.250. The van der Waals surface area contributed by atoms with E-state index in [9.17, 15) is 9.59 Å². The number of oxazole rings is 1. The number of ketones is 1. The van der Waals surface area contributed by atoms with Gasteiger partial charge < -0.3 is 9.73 Å². The molecule has 1 N–H and O–H groups in total. The monoisotopic (exact) mass is 232 g/mol. The number of Topliss-reactive ketones (excluding diaryl/α,β-unsaturated/α-hetero) is 1. The molecule has 1 heterocycles. The van der Waals surface area contributed by atoms with Crippen molar-refractivity contribution in [2.24, 2.45) is 0 Å². The zero-order valence-corrected chi connectivity index (χ0v) is 9.34. The highest BCUT2D eigenvalue weighted by molar-refractivity contribution is 5.98. The van der Waals surface area contributed by atoms with Gasteiger partial charge in [0.2, 0.25) is 12.2 Å². The first-order valence-electron chi connectivity index (χ1n) is 5.35. The lowest BCUT2D eigenvalue weighted by molar-refractivity contribution is -0.110. The van der Waals surface area contributed by atoms with E-state index in [1.165, 1.54) is 0 Å². The number of benzene rings is 1. The van der Waals surface area contributed by atoms with Gasteiger partial charge in [0.1, 0.15) is 5.52 Å². The molecule has 2 aromatic rings. The maximum Gasteiger partial charge on any atom is 0.266 e. The predicted octanol–water partition coefficient (Wildman–Crippen LogP) is 1.54. The van der Waals surface area contributed by atoms with Crippen LogP contribution in [0.1, 0.15) is 24.0 Å². The summed E-state index contributed by atoms with van der Waals surface area (Å²) in [7, 11) is 0. The van der Waals surface area contributed by atoms with E-state index in [0.717, 1.165) is 0 Å². The molecule has 5 heteroatoms. The number of rotatable bonds is 5. The molecule has 17 heavy (non-hydrogen) atoms. The number of fused-ring (bicyclic) bond motifs is 1. The van der Waals surface area contributed by atoms with Gasteiger partial charge in [-0.2, -0.15) is 0 Å². The first-order valence-corrected chi connectivity index (χ1v) is 5.35. The summed E-state index contributed by atoms with van der Waals surface area (Å²) in [5, 5.41) is 2.44. The van der Waals surface area contributed by atoms with Gasteiger partial charge in [-0.05, 0) is 18.6 Å². The molecule has 0 aliphatic carbocycles. The number of nitrogens with zero attached hydrogens (tertiary/aromatic N) is 1. The second kappa shape index (κ2) is 4.78. The Hall–Kier alpha value is -2.17.